The van der Waals surface area contributed by atoms with Gasteiger partial charge in [-0.15, -0.1) is 0 Å². The van der Waals surface area contributed by atoms with Crippen molar-refractivity contribution in [1.29, 1.82) is 0 Å². The van der Waals surface area contributed by atoms with Crippen LogP contribution in [0.3, 0.4) is 0 Å². The Kier molecular flexibility index (Phi) is 8.25. The second-order valence-electron chi connectivity index (χ2n) is 2.90. The van der Waals surface area contributed by atoms with E-state index in [1.165, 1.54) is 0 Å². The molecule has 0 aliphatic rings. The predicted octanol–water partition coefficient (Wildman–Crippen LogP) is -3.50. The lowest BCUT2D eigenvalue weighted by Gasteiger charge is -2.36. The second kappa shape index (κ2) is 8.11. The third-order valence-electron chi connectivity index (χ3n) is 1.86. The minimum atomic E-state index is -5.11. The molecule has 0 N–H and O–H groups in total. The molecular formula is C4H6O11S5-4. The highest BCUT2D eigenvalue weighted by Crippen LogP contribution is 2.23. The van der Waals surface area contributed by atoms with E-state index in [0.29, 0.717) is 7.11 Å². The van der Waals surface area contributed by atoms with Crippen molar-refractivity contribution in [2.24, 2.45) is 0 Å². The van der Waals surface area contributed by atoms with Crippen LogP contribution in [0.4, 0.5) is 0 Å². The van der Waals surface area contributed by atoms with Crippen molar-refractivity contribution < 1.29 is 47.6 Å². The Bertz CT molecular complexity index is 477. The maximum absolute atomic E-state index is 11.5. The fourth-order valence-electron chi connectivity index (χ4n) is 1.08. The Balaban J connectivity index is 6.22. The lowest BCUT2D eigenvalue weighted by atomic mass is 10.5. The molecule has 4 atom stereocenters. The number of hydrogen-bond donors (Lipinski definition) is 0. The molecule has 0 fully saturated rings. The minimum Gasteiger partial charge on any atom is -0.771 e. The molecule has 0 heterocycles. The van der Waals surface area contributed by atoms with Crippen LogP contribution < -0.4 is 0 Å². The Morgan fingerprint density at radius 1 is 0.800 bits per heavy atom. The van der Waals surface area contributed by atoms with Crippen LogP contribution in [0.2, 0.25) is 0 Å². The van der Waals surface area contributed by atoms with Gasteiger partial charge in [-0.2, -0.15) is 8.42 Å². The van der Waals surface area contributed by atoms with Gasteiger partial charge in [0.2, 0.25) is 0 Å². The van der Waals surface area contributed by atoms with Crippen molar-refractivity contribution in [1.82, 2.24) is 0 Å². The smallest absolute Gasteiger partial charge is 0.274 e. The summed E-state index contributed by atoms with van der Waals surface area (Å²) in [5.74, 6) is 0. The molecule has 122 valence electrons. The second-order valence-corrected chi connectivity index (χ2v) is 9.48. The van der Waals surface area contributed by atoms with Gasteiger partial charge < -0.3 is 18.2 Å². The van der Waals surface area contributed by atoms with E-state index in [9.17, 15) is 43.5 Å². The van der Waals surface area contributed by atoms with Crippen molar-refractivity contribution in [3.63, 3.8) is 0 Å². The zero-order valence-electron chi connectivity index (χ0n) is 9.26. The summed E-state index contributed by atoms with van der Waals surface area (Å²) < 4.78 is 107. The molecule has 0 spiro atoms. The summed E-state index contributed by atoms with van der Waals surface area (Å²) >= 11 is -14.5. The summed E-state index contributed by atoms with van der Waals surface area (Å²) in [5, 5.41) is -2.89. The highest BCUT2D eigenvalue weighted by atomic mass is 32.3. The van der Waals surface area contributed by atoms with Crippen LogP contribution in [0, 0.1) is 0 Å². The standard InChI is InChI=1S/C4H10O11S5/c1-15-20(13,14)2(3(16(5)6)17(7)8)4(18(9)10)19(11)12/h2-4H,1H3,(H,5,6)(H,7,8)(H,9,10)(H,11,12)/p-4. The summed E-state index contributed by atoms with van der Waals surface area (Å²) in [4.78, 5) is 0. The lowest BCUT2D eigenvalue weighted by Crippen LogP contribution is -2.51. The van der Waals surface area contributed by atoms with Crippen molar-refractivity contribution >= 4 is 54.4 Å². The number of rotatable bonds is 8. The first-order chi connectivity index (χ1) is 8.97. The van der Waals surface area contributed by atoms with Gasteiger partial charge >= 0.3 is 0 Å². The zero-order chi connectivity index (χ0) is 16.2. The average molecular weight is 390 g/mol. The summed E-state index contributed by atoms with van der Waals surface area (Å²) in [6.07, 6.45) is 0. The molecule has 20 heavy (non-hydrogen) atoms. The van der Waals surface area contributed by atoms with E-state index in [0.717, 1.165) is 0 Å². The molecule has 0 aliphatic carbocycles. The largest absolute Gasteiger partial charge is 0.771 e. The molecule has 0 rings (SSSR count). The van der Waals surface area contributed by atoms with Crippen molar-refractivity contribution in [3.05, 3.63) is 0 Å². The molecule has 0 aliphatic heterocycles. The molecule has 0 radical (unpaired) electrons. The Morgan fingerprint density at radius 3 is 1.20 bits per heavy atom. The Morgan fingerprint density at radius 2 is 1.05 bits per heavy atom. The molecule has 4 unspecified atom stereocenters. The van der Waals surface area contributed by atoms with Gasteiger partial charge in [0.1, 0.15) is 14.4 Å². The van der Waals surface area contributed by atoms with Crippen LogP contribution >= 0.6 is 0 Å². The van der Waals surface area contributed by atoms with E-state index in [1.54, 1.807) is 0 Å². The third-order valence-corrected chi connectivity index (χ3v) is 8.80. The molecule has 0 aromatic heterocycles. The topological polar surface area (TPSA) is 204 Å². The van der Waals surface area contributed by atoms with E-state index >= 15 is 0 Å². The maximum atomic E-state index is 11.5. The van der Waals surface area contributed by atoms with Crippen LogP contribution in [0.1, 0.15) is 0 Å². The molecule has 0 saturated heterocycles. The molecule has 11 nitrogen and oxygen atoms in total. The Hall–Kier alpha value is 0.350. The monoisotopic (exact) mass is 390 g/mol. The fourth-order valence-corrected chi connectivity index (χ4v) is 7.50. The van der Waals surface area contributed by atoms with Crippen LogP contribution in [0.25, 0.3) is 0 Å². The quantitative estimate of drug-likeness (QED) is 0.293. The molecular weight excluding hydrogens is 384 g/mol. The fraction of sp³-hybridized carbons (Fsp3) is 1.00. The highest BCUT2D eigenvalue weighted by Gasteiger charge is 2.43. The summed E-state index contributed by atoms with van der Waals surface area (Å²) in [5.41, 5.74) is 0. The van der Waals surface area contributed by atoms with E-state index in [1.807, 2.05) is 0 Å². The maximum Gasteiger partial charge on any atom is 0.274 e. The molecule has 0 aromatic rings. The van der Waals surface area contributed by atoms with Gasteiger partial charge in [0.05, 0.1) is 7.11 Å². The van der Waals surface area contributed by atoms with Gasteiger partial charge in [0.25, 0.3) is 10.1 Å². The summed E-state index contributed by atoms with van der Waals surface area (Å²) in [6.45, 7) is 0. The first-order valence-electron chi connectivity index (χ1n) is 4.09. The van der Waals surface area contributed by atoms with Gasteiger partial charge in [-0.25, -0.2) is 0 Å². The van der Waals surface area contributed by atoms with Crippen molar-refractivity contribution in [3.8, 4) is 0 Å². The average Bonchev–Trinajstić information content (AvgIpc) is 2.25. The van der Waals surface area contributed by atoms with E-state index in [-0.39, 0.29) is 0 Å². The van der Waals surface area contributed by atoms with Gasteiger partial charge in [0.15, 0.2) is 0 Å². The van der Waals surface area contributed by atoms with Crippen molar-refractivity contribution in [2.75, 3.05) is 7.11 Å². The SMILES string of the molecule is COS(=O)(=O)C(C(S(=O)[O-])S(=O)[O-])C(S(=O)[O-])S(=O)[O-]. The third kappa shape index (κ3) is 4.97. The van der Waals surface area contributed by atoms with Crippen molar-refractivity contribution in [2.45, 2.75) is 14.4 Å². The summed E-state index contributed by atoms with van der Waals surface area (Å²) in [7, 11) is -4.63. The lowest BCUT2D eigenvalue weighted by molar-refractivity contribution is 0.385. The van der Waals surface area contributed by atoms with E-state index in [4.69, 9.17) is 0 Å². The van der Waals surface area contributed by atoms with Crippen LogP contribution in [0.15, 0.2) is 0 Å². The molecule has 0 bridgehead atoms. The molecule has 0 aromatic carbocycles. The molecule has 0 saturated carbocycles. The normalized spacial score (nSPS) is 23.2. The van der Waals surface area contributed by atoms with Crippen LogP contribution in [0.5, 0.6) is 0 Å². The van der Waals surface area contributed by atoms with Gasteiger partial charge in [-0.3, -0.25) is 21.0 Å². The van der Waals surface area contributed by atoms with Crippen LogP contribution in [-0.4, -0.2) is 65.0 Å². The van der Waals surface area contributed by atoms with Crippen LogP contribution in [-0.2, 0) is 58.6 Å². The van der Waals surface area contributed by atoms with Gasteiger partial charge in [-0.05, 0) is 44.3 Å². The van der Waals surface area contributed by atoms with Gasteiger partial charge in [0, 0.05) is 0 Å². The Labute approximate surface area is 123 Å². The molecule has 0 amide bonds. The highest BCUT2D eigenvalue weighted by molar-refractivity contribution is 8.02. The first kappa shape index (κ1) is 20.3. The minimum absolute atomic E-state index is 0.485. The number of hydrogen-bond acceptors (Lipinski definition) is 11. The van der Waals surface area contributed by atoms with E-state index in [2.05, 4.69) is 4.18 Å². The first-order valence-corrected chi connectivity index (χ1v) is 10.1. The predicted molar refractivity (Wildman–Crippen MR) is 63.0 cm³/mol. The summed E-state index contributed by atoms with van der Waals surface area (Å²) in [6, 6.07) is 0. The van der Waals surface area contributed by atoms with Gasteiger partial charge in [-0.1, -0.05) is 0 Å². The molecule has 16 heteroatoms. The zero-order valence-corrected chi connectivity index (χ0v) is 13.3. The van der Waals surface area contributed by atoms with E-state index < -0.39 is 68.9 Å².